The summed E-state index contributed by atoms with van der Waals surface area (Å²) in [6, 6.07) is 6.38. The number of hydrogen-bond acceptors (Lipinski definition) is 3. The maximum atomic E-state index is 13.1. The van der Waals surface area contributed by atoms with Gasteiger partial charge in [-0.1, -0.05) is 12.1 Å². The van der Waals surface area contributed by atoms with Crippen LogP contribution in [-0.2, 0) is 16.0 Å². The normalized spacial score (nSPS) is 15.5. The predicted octanol–water partition coefficient (Wildman–Crippen LogP) is 2.11. The van der Waals surface area contributed by atoms with Crippen molar-refractivity contribution in [2.45, 2.75) is 31.7 Å². The second kappa shape index (κ2) is 7.77. The summed E-state index contributed by atoms with van der Waals surface area (Å²) in [4.78, 5) is 25.1. The van der Waals surface area contributed by atoms with Gasteiger partial charge in [0.2, 0.25) is 5.91 Å². The lowest BCUT2D eigenvalue weighted by molar-refractivity contribution is -0.132. The van der Waals surface area contributed by atoms with E-state index in [1.165, 1.54) is 19.2 Å². The van der Waals surface area contributed by atoms with Gasteiger partial charge in [-0.3, -0.25) is 4.79 Å². The number of carbonyl (C=O) groups is 2. The Bertz CT molecular complexity index is 528. The Kier molecular flexibility index (Phi) is 5.75. The molecule has 1 aliphatic rings. The standard InChI is InChI=1S/C16H21FN2O3/c1-22-16(21)18-14-7-9-19(10-8-14)15(20)6-5-12-3-2-4-13(17)11-12/h2-4,11,14H,5-10H2,1H3,(H,18,21). The van der Waals surface area contributed by atoms with Crippen molar-refractivity contribution >= 4 is 12.0 Å². The number of nitrogens with one attached hydrogen (secondary N) is 1. The highest BCUT2D eigenvalue weighted by molar-refractivity contribution is 5.76. The van der Waals surface area contributed by atoms with Crippen LogP contribution in [-0.4, -0.2) is 43.1 Å². The Labute approximate surface area is 129 Å². The van der Waals surface area contributed by atoms with E-state index in [9.17, 15) is 14.0 Å². The van der Waals surface area contributed by atoms with Crippen LogP contribution in [0.25, 0.3) is 0 Å². The maximum absolute atomic E-state index is 13.1. The van der Waals surface area contributed by atoms with E-state index < -0.39 is 6.09 Å². The third-order valence-electron chi connectivity index (χ3n) is 3.87. The van der Waals surface area contributed by atoms with Crippen LogP contribution in [0.5, 0.6) is 0 Å². The first kappa shape index (κ1) is 16.3. The number of aryl methyl sites for hydroxylation is 1. The van der Waals surface area contributed by atoms with Gasteiger partial charge >= 0.3 is 6.09 Å². The van der Waals surface area contributed by atoms with E-state index in [-0.39, 0.29) is 17.8 Å². The Morgan fingerprint density at radius 1 is 1.36 bits per heavy atom. The molecule has 1 fully saturated rings. The van der Waals surface area contributed by atoms with Gasteiger partial charge in [-0.05, 0) is 37.0 Å². The van der Waals surface area contributed by atoms with Crippen LogP contribution in [0, 0.1) is 5.82 Å². The summed E-state index contributed by atoms with van der Waals surface area (Å²) < 4.78 is 17.6. The minimum Gasteiger partial charge on any atom is -0.453 e. The van der Waals surface area contributed by atoms with Crippen molar-refractivity contribution in [3.8, 4) is 0 Å². The molecule has 0 unspecified atom stereocenters. The summed E-state index contributed by atoms with van der Waals surface area (Å²) in [5.74, 6) is -0.208. The fourth-order valence-electron chi connectivity index (χ4n) is 2.60. The van der Waals surface area contributed by atoms with Crippen molar-refractivity contribution in [3.63, 3.8) is 0 Å². The lowest BCUT2D eigenvalue weighted by Gasteiger charge is -2.32. The van der Waals surface area contributed by atoms with E-state index in [1.54, 1.807) is 11.0 Å². The molecule has 1 saturated heterocycles. The number of amides is 2. The maximum Gasteiger partial charge on any atom is 0.407 e. The van der Waals surface area contributed by atoms with Crippen LogP contribution in [0.2, 0.25) is 0 Å². The summed E-state index contributed by atoms with van der Waals surface area (Å²) >= 11 is 0. The molecule has 22 heavy (non-hydrogen) atoms. The van der Waals surface area contributed by atoms with E-state index in [1.807, 2.05) is 6.07 Å². The molecule has 0 saturated carbocycles. The van der Waals surface area contributed by atoms with E-state index in [0.29, 0.717) is 25.9 Å². The molecule has 120 valence electrons. The number of likely N-dealkylation sites (tertiary alicyclic amines) is 1. The van der Waals surface area contributed by atoms with Crippen LogP contribution in [0.4, 0.5) is 9.18 Å². The van der Waals surface area contributed by atoms with Crippen LogP contribution < -0.4 is 5.32 Å². The van der Waals surface area contributed by atoms with Gasteiger partial charge in [-0.25, -0.2) is 9.18 Å². The Hall–Kier alpha value is -2.11. The summed E-state index contributed by atoms with van der Waals surface area (Å²) in [5, 5.41) is 2.75. The number of methoxy groups -OCH3 is 1. The summed E-state index contributed by atoms with van der Waals surface area (Å²) in [6.07, 6.45) is 1.92. The zero-order valence-electron chi connectivity index (χ0n) is 12.7. The summed E-state index contributed by atoms with van der Waals surface area (Å²) in [5.41, 5.74) is 0.829. The smallest absolute Gasteiger partial charge is 0.407 e. The Balaban J connectivity index is 1.74. The van der Waals surface area contributed by atoms with Gasteiger partial charge in [0.25, 0.3) is 0 Å². The number of halogens is 1. The van der Waals surface area contributed by atoms with Crippen LogP contribution in [0.15, 0.2) is 24.3 Å². The van der Waals surface area contributed by atoms with Crippen molar-refractivity contribution in [1.82, 2.24) is 10.2 Å². The fourth-order valence-corrected chi connectivity index (χ4v) is 2.60. The molecule has 0 bridgehead atoms. The van der Waals surface area contributed by atoms with E-state index >= 15 is 0 Å². The molecule has 1 aromatic carbocycles. The van der Waals surface area contributed by atoms with Crippen molar-refractivity contribution < 1.29 is 18.7 Å². The highest BCUT2D eigenvalue weighted by atomic mass is 19.1. The quantitative estimate of drug-likeness (QED) is 0.927. The van der Waals surface area contributed by atoms with Crippen molar-refractivity contribution in [1.29, 1.82) is 0 Å². The topological polar surface area (TPSA) is 58.6 Å². The summed E-state index contributed by atoms with van der Waals surface area (Å²) in [7, 11) is 1.33. The molecule has 1 aromatic rings. The number of piperidine rings is 1. The summed E-state index contributed by atoms with van der Waals surface area (Å²) in [6.45, 7) is 1.24. The lowest BCUT2D eigenvalue weighted by atomic mass is 10.0. The molecule has 1 N–H and O–H groups in total. The molecule has 0 aliphatic carbocycles. The number of ether oxygens (including phenoxy) is 1. The number of hydrogen-bond donors (Lipinski definition) is 1. The minimum absolute atomic E-state index is 0.0553. The van der Waals surface area contributed by atoms with Gasteiger partial charge in [0.1, 0.15) is 5.82 Å². The van der Waals surface area contributed by atoms with Crippen molar-refractivity contribution in [2.75, 3.05) is 20.2 Å². The molecule has 2 amide bonds. The number of benzene rings is 1. The molecule has 0 radical (unpaired) electrons. The third-order valence-corrected chi connectivity index (χ3v) is 3.87. The monoisotopic (exact) mass is 308 g/mol. The van der Waals surface area contributed by atoms with Crippen LogP contribution >= 0.6 is 0 Å². The average Bonchev–Trinajstić information content (AvgIpc) is 2.53. The largest absolute Gasteiger partial charge is 0.453 e. The Morgan fingerprint density at radius 2 is 2.09 bits per heavy atom. The lowest BCUT2D eigenvalue weighted by Crippen LogP contribution is -2.46. The first-order chi connectivity index (χ1) is 10.6. The van der Waals surface area contributed by atoms with Crippen LogP contribution in [0.3, 0.4) is 0 Å². The molecule has 0 spiro atoms. The van der Waals surface area contributed by atoms with Gasteiger partial charge in [0.15, 0.2) is 0 Å². The van der Waals surface area contributed by atoms with E-state index in [4.69, 9.17) is 0 Å². The molecule has 0 aromatic heterocycles. The van der Waals surface area contributed by atoms with Gasteiger partial charge < -0.3 is 15.0 Å². The molecular formula is C16H21FN2O3. The third kappa shape index (κ3) is 4.72. The highest BCUT2D eigenvalue weighted by Gasteiger charge is 2.23. The van der Waals surface area contributed by atoms with Gasteiger partial charge in [-0.2, -0.15) is 0 Å². The Morgan fingerprint density at radius 3 is 2.73 bits per heavy atom. The average molecular weight is 308 g/mol. The zero-order chi connectivity index (χ0) is 15.9. The van der Waals surface area contributed by atoms with Crippen molar-refractivity contribution in [3.05, 3.63) is 35.6 Å². The molecular weight excluding hydrogens is 287 g/mol. The minimum atomic E-state index is -0.434. The molecule has 1 heterocycles. The SMILES string of the molecule is COC(=O)NC1CCN(C(=O)CCc2cccc(F)c2)CC1. The zero-order valence-corrected chi connectivity index (χ0v) is 12.7. The second-order valence-electron chi connectivity index (χ2n) is 5.42. The van der Waals surface area contributed by atoms with Gasteiger partial charge in [0.05, 0.1) is 7.11 Å². The molecule has 2 rings (SSSR count). The van der Waals surface area contributed by atoms with E-state index in [2.05, 4.69) is 10.1 Å². The first-order valence-electron chi connectivity index (χ1n) is 7.45. The number of nitrogens with zero attached hydrogens (tertiary/aromatic N) is 1. The molecule has 0 atom stereocenters. The molecule has 1 aliphatic heterocycles. The second-order valence-corrected chi connectivity index (χ2v) is 5.42. The van der Waals surface area contributed by atoms with Gasteiger partial charge in [0, 0.05) is 25.6 Å². The van der Waals surface area contributed by atoms with Gasteiger partial charge in [-0.15, -0.1) is 0 Å². The predicted molar refractivity (Wildman–Crippen MR) is 79.9 cm³/mol. The molecule has 6 heteroatoms. The number of carbonyl (C=O) groups excluding carboxylic acids is 2. The number of alkyl carbamates (subject to hydrolysis) is 1. The van der Waals surface area contributed by atoms with E-state index in [0.717, 1.165) is 18.4 Å². The first-order valence-corrected chi connectivity index (χ1v) is 7.45. The molecule has 5 nitrogen and oxygen atoms in total. The fraction of sp³-hybridized carbons (Fsp3) is 0.500. The van der Waals surface area contributed by atoms with Crippen LogP contribution in [0.1, 0.15) is 24.8 Å². The van der Waals surface area contributed by atoms with Crippen molar-refractivity contribution in [2.24, 2.45) is 0 Å². The highest BCUT2D eigenvalue weighted by Crippen LogP contribution is 2.13. The number of rotatable bonds is 4.